The van der Waals surface area contributed by atoms with Crippen LogP contribution >= 0.6 is 11.6 Å². The minimum absolute atomic E-state index is 0.0363. The molecule has 0 atom stereocenters. The smallest absolute Gasteiger partial charge is 0.261 e. The third kappa shape index (κ3) is 2.31. The summed E-state index contributed by atoms with van der Waals surface area (Å²) in [7, 11) is -3.94. The summed E-state index contributed by atoms with van der Waals surface area (Å²) >= 11 is 5.86. The molecule has 4 rings (SSSR count). The lowest BCUT2D eigenvalue weighted by Crippen LogP contribution is -2.12. The van der Waals surface area contributed by atoms with Crippen LogP contribution in [0.1, 0.15) is 0 Å². The Kier molecular flexibility index (Phi) is 3.26. The molecule has 2 heterocycles. The fourth-order valence-corrected chi connectivity index (χ4v) is 3.75. The summed E-state index contributed by atoms with van der Waals surface area (Å²) in [6.45, 7) is 0. The van der Waals surface area contributed by atoms with Crippen LogP contribution in [0, 0.1) is 5.82 Å². The molecule has 0 aliphatic rings. The highest BCUT2D eigenvalue weighted by atomic mass is 35.5. The molecule has 9 heteroatoms. The van der Waals surface area contributed by atoms with Gasteiger partial charge < -0.3 is 9.51 Å². The van der Waals surface area contributed by atoms with E-state index in [1.165, 1.54) is 36.5 Å². The minimum atomic E-state index is -3.94. The number of halogens is 2. The van der Waals surface area contributed by atoms with E-state index in [0.29, 0.717) is 16.5 Å². The van der Waals surface area contributed by atoms with E-state index >= 15 is 0 Å². The molecule has 0 bridgehead atoms. The van der Waals surface area contributed by atoms with Crippen LogP contribution in [-0.2, 0) is 10.0 Å². The molecule has 0 amide bonds. The Morgan fingerprint density at radius 1 is 1.25 bits per heavy atom. The molecule has 0 aliphatic heterocycles. The van der Waals surface area contributed by atoms with Gasteiger partial charge in [0.1, 0.15) is 5.82 Å². The van der Waals surface area contributed by atoms with E-state index < -0.39 is 15.8 Å². The summed E-state index contributed by atoms with van der Waals surface area (Å²) in [5.74, 6) is -0.524. The number of aromatic nitrogens is 2. The molecule has 0 spiro atoms. The number of sulfonamides is 1. The molecule has 0 saturated heterocycles. The molecule has 0 fully saturated rings. The normalized spacial score (nSPS) is 12.1. The molecule has 0 saturated carbocycles. The van der Waals surface area contributed by atoms with Gasteiger partial charge in [0.25, 0.3) is 10.0 Å². The average Bonchev–Trinajstić information content (AvgIpc) is 3.12. The first-order valence-electron chi connectivity index (χ1n) is 6.79. The third-order valence-corrected chi connectivity index (χ3v) is 5.24. The highest BCUT2D eigenvalue weighted by molar-refractivity contribution is 7.92. The van der Waals surface area contributed by atoms with E-state index in [1.807, 2.05) is 0 Å². The number of nitrogens with one attached hydrogen (secondary N) is 2. The van der Waals surface area contributed by atoms with Gasteiger partial charge in [-0.3, -0.25) is 4.72 Å². The molecule has 2 N–H and O–H groups in total. The van der Waals surface area contributed by atoms with Crippen LogP contribution in [0.4, 0.5) is 10.1 Å². The molecule has 24 heavy (non-hydrogen) atoms. The number of nitrogens with zero attached hydrogens (tertiary/aromatic N) is 1. The summed E-state index contributed by atoms with van der Waals surface area (Å²) in [4.78, 5) is 2.79. The van der Waals surface area contributed by atoms with Gasteiger partial charge in [-0.05, 0) is 30.3 Å². The lowest BCUT2D eigenvalue weighted by atomic mass is 10.2. The van der Waals surface area contributed by atoms with Gasteiger partial charge in [0.05, 0.1) is 26.9 Å². The lowest BCUT2D eigenvalue weighted by Gasteiger charge is -2.07. The minimum Gasteiger partial charge on any atom is -0.359 e. The van der Waals surface area contributed by atoms with Crippen molar-refractivity contribution in [3.05, 3.63) is 53.6 Å². The fourth-order valence-electron chi connectivity index (χ4n) is 2.48. The summed E-state index contributed by atoms with van der Waals surface area (Å²) < 4.78 is 46.5. The number of aromatic amines is 1. The van der Waals surface area contributed by atoms with E-state index in [4.69, 9.17) is 16.1 Å². The maximum atomic E-state index is 14.0. The van der Waals surface area contributed by atoms with Crippen LogP contribution in [0.25, 0.3) is 21.9 Å². The maximum absolute atomic E-state index is 14.0. The predicted molar refractivity (Wildman–Crippen MR) is 88.1 cm³/mol. The molecule has 0 unspecified atom stereocenters. The van der Waals surface area contributed by atoms with Crippen LogP contribution < -0.4 is 4.72 Å². The van der Waals surface area contributed by atoms with Crippen LogP contribution in [0.15, 0.2) is 52.0 Å². The maximum Gasteiger partial charge on any atom is 0.261 e. The largest absolute Gasteiger partial charge is 0.359 e. The molecule has 0 aliphatic carbocycles. The Balaban J connectivity index is 1.80. The first-order chi connectivity index (χ1) is 11.5. The van der Waals surface area contributed by atoms with Crippen molar-refractivity contribution in [3.8, 4) is 0 Å². The van der Waals surface area contributed by atoms with Gasteiger partial charge in [0, 0.05) is 6.20 Å². The van der Waals surface area contributed by atoms with Gasteiger partial charge in [0.15, 0.2) is 10.7 Å². The Bertz CT molecular complexity index is 1180. The Morgan fingerprint density at radius 3 is 2.92 bits per heavy atom. The van der Waals surface area contributed by atoms with Crippen LogP contribution in [0.5, 0.6) is 0 Å². The second-order valence-electron chi connectivity index (χ2n) is 5.10. The number of fused-ring (bicyclic) bond motifs is 2. The highest BCUT2D eigenvalue weighted by Gasteiger charge is 2.19. The van der Waals surface area contributed by atoms with Crippen molar-refractivity contribution in [1.29, 1.82) is 0 Å². The quantitative estimate of drug-likeness (QED) is 0.576. The van der Waals surface area contributed by atoms with Crippen molar-refractivity contribution < 1.29 is 17.3 Å². The Hall–Kier alpha value is -2.58. The van der Waals surface area contributed by atoms with Gasteiger partial charge in [-0.25, -0.2) is 12.8 Å². The summed E-state index contributed by atoms with van der Waals surface area (Å²) in [6.07, 6.45) is 1.40. The number of anilines is 1. The van der Waals surface area contributed by atoms with Crippen LogP contribution in [0.2, 0.25) is 5.15 Å². The van der Waals surface area contributed by atoms with Crippen molar-refractivity contribution in [2.24, 2.45) is 0 Å². The number of hydrogen-bond donors (Lipinski definition) is 2. The number of hydrogen-bond acceptors (Lipinski definition) is 4. The Labute approximate surface area is 140 Å². The fraction of sp³-hybridized carbons (Fsp3) is 0. The molecule has 2 aromatic heterocycles. The first-order valence-corrected chi connectivity index (χ1v) is 8.65. The van der Waals surface area contributed by atoms with Gasteiger partial charge >= 0.3 is 0 Å². The third-order valence-electron chi connectivity index (χ3n) is 3.61. The molecular weight excluding hydrogens is 357 g/mol. The van der Waals surface area contributed by atoms with Crippen molar-refractivity contribution in [3.63, 3.8) is 0 Å². The second kappa shape index (κ2) is 5.22. The van der Waals surface area contributed by atoms with E-state index in [2.05, 4.69) is 14.9 Å². The highest BCUT2D eigenvalue weighted by Crippen LogP contribution is 2.30. The van der Waals surface area contributed by atoms with E-state index in [0.717, 1.165) is 0 Å². The topological polar surface area (TPSA) is 88.0 Å². The molecule has 122 valence electrons. The first kappa shape index (κ1) is 15.0. The molecule has 0 radical (unpaired) electrons. The number of rotatable bonds is 3. The van der Waals surface area contributed by atoms with Gasteiger partial charge in [-0.15, -0.1) is 0 Å². The van der Waals surface area contributed by atoms with E-state index in [-0.39, 0.29) is 21.1 Å². The van der Waals surface area contributed by atoms with Crippen LogP contribution in [0.3, 0.4) is 0 Å². The van der Waals surface area contributed by atoms with Gasteiger partial charge in [0.2, 0.25) is 0 Å². The van der Waals surface area contributed by atoms with Crippen molar-refractivity contribution >= 4 is 49.2 Å². The summed E-state index contributed by atoms with van der Waals surface area (Å²) in [5, 5.41) is 4.19. The summed E-state index contributed by atoms with van der Waals surface area (Å²) in [5.41, 5.74) is 0.988. The van der Waals surface area contributed by atoms with E-state index in [1.54, 1.807) is 6.07 Å². The molecule has 4 aromatic rings. The number of benzene rings is 2. The average molecular weight is 366 g/mol. The van der Waals surface area contributed by atoms with Crippen molar-refractivity contribution in [2.75, 3.05) is 4.72 Å². The monoisotopic (exact) mass is 365 g/mol. The summed E-state index contributed by atoms with van der Waals surface area (Å²) in [6, 6.07) is 8.61. The SMILES string of the molecule is O=S(=O)(Nc1c[nH]c2cccc(F)c12)c1ccc2onc(Cl)c2c1. The van der Waals surface area contributed by atoms with Crippen LogP contribution in [-0.4, -0.2) is 18.6 Å². The molecular formula is C15H9ClFN3O3S. The standard InChI is InChI=1S/C15H9ClFN3O3S/c16-15-9-6-8(4-5-13(9)23-19-15)24(21,22)20-12-7-18-11-3-1-2-10(17)14(11)12/h1-7,18,20H. The molecule has 6 nitrogen and oxygen atoms in total. The predicted octanol–water partition coefficient (Wildman–Crippen LogP) is 3.90. The lowest BCUT2D eigenvalue weighted by molar-refractivity contribution is 0.457. The number of H-pyrrole nitrogens is 1. The molecule has 2 aromatic carbocycles. The Morgan fingerprint density at radius 2 is 2.08 bits per heavy atom. The van der Waals surface area contributed by atoms with E-state index in [9.17, 15) is 12.8 Å². The van der Waals surface area contributed by atoms with Gasteiger partial charge in [-0.1, -0.05) is 22.8 Å². The zero-order chi connectivity index (χ0) is 16.9. The van der Waals surface area contributed by atoms with Crippen molar-refractivity contribution in [1.82, 2.24) is 10.1 Å². The van der Waals surface area contributed by atoms with Crippen molar-refractivity contribution in [2.45, 2.75) is 4.90 Å². The second-order valence-corrected chi connectivity index (χ2v) is 7.14. The van der Waals surface area contributed by atoms with Gasteiger partial charge in [-0.2, -0.15) is 0 Å². The zero-order valence-electron chi connectivity index (χ0n) is 11.9. The zero-order valence-corrected chi connectivity index (χ0v) is 13.5.